The first kappa shape index (κ1) is 30.0. The van der Waals surface area contributed by atoms with E-state index in [1.807, 2.05) is 19.1 Å². The number of aromatic nitrogens is 6. The molecule has 6 rings (SSSR count). The largest absolute Gasteiger partial charge is 0.396 e. The van der Waals surface area contributed by atoms with Gasteiger partial charge >= 0.3 is 11.4 Å². The minimum absolute atomic E-state index is 0.106. The van der Waals surface area contributed by atoms with Crippen molar-refractivity contribution in [3.8, 4) is 5.69 Å². The molecular weight excluding hydrogens is 611 g/mol. The summed E-state index contributed by atoms with van der Waals surface area (Å²) in [6, 6.07) is 8.52. The molecule has 45 heavy (non-hydrogen) atoms. The zero-order chi connectivity index (χ0) is 32.0. The Kier molecular flexibility index (Phi) is 7.89. The van der Waals surface area contributed by atoms with E-state index in [2.05, 4.69) is 20.4 Å². The topological polar surface area (TPSA) is 120 Å². The fourth-order valence-electron chi connectivity index (χ4n) is 5.47. The van der Waals surface area contributed by atoms with Crippen molar-refractivity contribution < 1.29 is 18.3 Å². The number of benzene rings is 3. The Balaban J connectivity index is 1.60. The minimum Gasteiger partial charge on any atom is -0.396 e. The fourth-order valence-corrected chi connectivity index (χ4v) is 5.73. The molecule has 6 aromatic rings. The van der Waals surface area contributed by atoms with Gasteiger partial charge < -0.3 is 10.4 Å². The number of aliphatic hydroxyl groups is 1. The van der Waals surface area contributed by atoms with Crippen LogP contribution in [0.3, 0.4) is 0 Å². The van der Waals surface area contributed by atoms with Crippen LogP contribution in [0.2, 0.25) is 5.02 Å². The predicted molar refractivity (Wildman–Crippen MR) is 164 cm³/mol. The van der Waals surface area contributed by atoms with Crippen LogP contribution in [0, 0.1) is 24.4 Å². The van der Waals surface area contributed by atoms with E-state index in [4.69, 9.17) is 11.6 Å². The summed E-state index contributed by atoms with van der Waals surface area (Å²) >= 11 is 6.69. The van der Waals surface area contributed by atoms with E-state index in [1.165, 1.54) is 6.20 Å². The summed E-state index contributed by atoms with van der Waals surface area (Å²) in [7, 11) is 1.74. The van der Waals surface area contributed by atoms with Crippen LogP contribution in [0.25, 0.3) is 27.4 Å². The molecule has 0 saturated carbocycles. The van der Waals surface area contributed by atoms with Crippen molar-refractivity contribution in [3.63, 3.8) is 0 Å². The third-order valence-corrected chi connectivity index (χ3v) is 7.77. The molecule has 0 aliphatic heterocycles. The lowest BCUT2D eigenvalue weighted by molar-refractivity contribution is 0.289. The van der Waals surface area contributed by atoms with Crippen LogP contribution in [0.1, 0.15) is 23.1 Å². The summed E-state index contributed by atoms with van der Waals surface area (Å²) in [5, 5.41) is 19.1. The lowest BCUT2D eigenvalue weighted by Crippen LogP contribution is -2.42. The third kappa shape index (κ3) is 5.44. The second-order valence-electron chi connectivity index (χ2n) is 10.5. The molecule has 0 saturated heterocycles. The summed E-state index contributed by atoms with van der Waals surface area (Å²) in [6.45, 7) is 1.19. The van der Waals surface area contributed by atoms with Crippen LogP contribution >= 0.6 is 11.6 Å². The second kappa shape index (κ2) is 11.8. The fraction of sp³-hybridized carbons (Fsp3) is 0.194. The molecule has 2 N–H and O–H groups in total. The molecule has 0 unspecified atom stereocenters. The van der Waals surface area contributed by atoms with Gasteiger partial charge in [0.1, 0.15) is 0 Å². The molecule has 230 valence electrons. The van der Waals surface area contributed by atoms with Crippen LogP contribution in [0.4, 0.5) is 24.8 Å². The number of aliphatic hydroxyl groups excluding tert-OH is 1. The number of nitrogens with one attached hydrogen (secondary N) is 1. The van der Waals surface area contributed by atoms with Gasteiger partial charge in [-0.2, -0.15) is 10.1 Å². The Labute approximate surface area is 258 Å². The number of nitrogens with zero attached hydrogens (tertiary/aromatic N) is 6. The van der Waals surface area contributed by atoms with Crippen LogP contribution in [-0.4, -0.2) is 40.6 Å². The first-order valence-electron chi connectivity index (χ1n) is 13.8. The zero-order valence-electron chi connectivity index (χ0n) is 24.0. The Morgan fingerprint density at radius 2 is 1.82 bits per heavy atom. The van der Waals surface area contributed by atoms with Gasteiger partial charge in [-0.25, -0.2) is 27.3 Å². The molecule has 0 spiro atoms. The molecule has 0 atom stereocenters. The van der Waals surface area contributed by atoms with Crippen molar-refractivity contribution in [1.29, 1.82) is 0 Å². The minimum atomic E-state index is -1.66. The Morgan fingerprint density at radius 3 is 2.56 bits per heavy atom. The zero-order valence-corrected chi connectivity index (χ0v) is 24.7. The molecule has 0 amide bonds. The molecule has 3 heterocycles. The lowest BCUT2D eigenvalue weighted by atomic mass is 10.0. The first-order chi connectivity index (χ1) is 21.6. The molecule has 3 aromatic carbocycles. The Bertz CT molecular complexity index is 2220. The van der Waals surface area contributed by atoms with E-state index < -0.39 is 35.4 Å². The van der Waals surface area contributed by atoms with Crippen molar-refractivity contribution >= 4 is 44.9 Å². The summed E-state index contributed by atoms with van der Waals surface area (Å²) in [5.41, 5.74) is 0.461. The van der Waals surface area contributed by atoms with Gasteiger partial charge in [0.15, 0.2) is 17.5 Å². The van der Waals surface area contributed by atoms with Crippen LogP contribution in [0.5, 0.6) is 0 Å². The maximum atomic E-state index is 14.2. The Morgan fingerprint density at radius 1 is 1.07 bits per heavy atom. The van der Waals surface area contributed by atoms with Gasteiger partial charge in [0.2, 0.25) is 5.95 Å². The van der Waals surface area contributed by atoms with Crippen molar-refractivity contribution in [3.05, 3.63) is 115 Å². The van der Waals surface area contributed by atoms with Gasteiger partial charge in [0, 0.05) is 42.2 Å². The number of pyridine rings is 1. The molecule has 0 aliphatic carbocycles. The molecule has 14 heteroatoms. The number of hydrogen-bond acceptors (Lipinski definition) is 7. The first-order valence-corrected chi connectivity index (χ1v) is 14.2. The van der Waals surface area contributed by atoms with Gasteiger partial charge in [-0.15, -0.1) is 0 Å². The maximum Gasteiger partial charge on any atom is 0.359 e. The number of fused-ring (bicyclic) bond motifs is 2. The SMILES string of the molecule is Cc1cccc2cncc(-n3c(=O)nc(Nc4c(Cl)cc5nn(C)cc5c4CCCO)n(Cc4cc(F)c(F)c(F)c4)c3=O)c12. The highest BCUT2D eigenvalue weighted by molar-refractivity contribution is 6.34. The van der Waals surface area contributed by atoms with Gasteiger partial charge in [-0.05, 0) is 54.7 Å². The predicted octanol–water partition coefficient (Wildman–Crippen LogP) is 4.93. The number of hydrogen-bond donors (Lipinski definition) is 2. The average Bonchev–Trinajstić information content (AvgIpc) is 3.37. The van der Waals surface area contributed by atoms with Crippen molar-refractivity contribution in [2.45, 2.75) is 26.3 Å². The molecule has 0 aliphatic rings. The summed E-state index contributed by atoms with van der Waals surface area (Å²) < 4.78 is 45.7. The smallest absolute Gasteiger partial charge is 0.359 e. The van der Waals surface area contributed by atoms with Crippen LogP contribution in [-0.2, 0) is 20.0 Å². The molecule has 0 fully saturated rings. The van der Waals surface area contributed by atoms with Crippen LogP contribution in [0.15, 0.2) is 64.6 Å². The van der Waals surface area contributed by atoms with Crippen LogP contribution < -0.4 is 16.7 Å². The van der Waals surface area contributed by atoms with Crippen molar-refractivity contribution in [1.82, 2.24) is 28.9 Å². The van der Waals surface area contributed by atoms with E-state index in [1.54, 1.807) is 36.3 Å². The average molecular weight is 636 g/mol. The normalized spacial score (nSPS) is 11.5. The number of anilines is 2. The maximum absolute atomic E-state index is 14.2. The van der Waals surface area contributed by atoms with E-state index in [0.717, 1.165) is 26.8 Å². The summed E-state index contributed by atoms with van der Waals surface area (Å²) in [4.78, 5) is 36.3. The van der Waals surface area contributed by atoms with Gasteiger partial charge in [0.25, 0.3) is 0 Å². The summed E-state index contributed by atoms with van der Waals surface area (Å²) in [6.07, 6.45) is 5.42. The quantitative estimate of drug-likeness (QED) is 0.228. The van der Waals surface area contributed by atoms with E-state index >= 15 is 0 Å². The molecular formula is C31H25ClF3N7O3. The Hall–Kier alpha value is -5.01. The summed E-state index contributed by atoms with van der Waals surface area (Å²) in [5.74, 6) is -4.83. The van der Waals surface area contributed by atoms with E-state index in [9.17, 15) is 27.9 Å². The monoisotopic (exact) mass is 635 g/mol. The van der Waals surface area contributed by atoms with Gasteiger partial charge in [-0.1, -0.05) is 29.8 Å². The van der Waals surface area contributed by atoms with Crippen molar-refractivity contribution in [2.24, 2.45) is 7.05 Å². The highest BCUT2D eigenvalue weighted by atomic mass is 35.5. The van der Waals surface area contributed by atoms with E-state index in [-0.39, 0.29) is 28.8 Å². The highest BCUT2D eigenvalue weighted by Gasteiger charge is 2.22. The third-order valence-electron chi connectivity index (χ3n) is 7.48. The number of rotatable bonds is 8. The lowest BCUT2D eigenvalue weighted by Gasteiger charge is -2.19. The number of aryl methyl sites for hydroxylation is 3. The van der Waals surface area contributed by atoms with Crippen molar-refractivity contribution in [2.75, 3.05) is 11.9 Å². The van der Waals surface area contributed by atoms with Gasteiger partial charge in [-0.3, -0.25) is 14.2 Å². The molecule has 0 bridgehead atoms. The molecule has 0 radical (unpaired) electrons. The highest BCUT2D eigenvalue weighted by Crippen LogP contribution is 2.36. The standard InChI is InChI=1S/C31H25ClF3N7O3/c1-16-5-3-6-18-12-36-13-25(26(16)18)42-30(44)38-29(41(31(42)45)14-17-9-22(33)27(35)23(34)10-17)37-28-19(7-4-8-43)20-15-40(2)39-24(20)11-21(28)32/h3,5-6,9-13,15,43H,4,7-8,14H2,1-2H3,(H,37,38,44). The molecule has 10 nitrogen and oxygen atoms in total. The van der Waals surface area contributed by atoms with Gasteiger partial charge in [0.05, 0.1) is 34.7 Å². The molecule has 3 aromatic heterocycles. The second-order valence-corrected chi connectivity index (χ2v) is 10.9. The van der Waals surface area contributed by atoms with E-state index in [0.29, 0.717) is 45.8 Å². The number of halogens is 4.